The van der Waals surface area contributed by atoms with E-state index in [0.29, 0.717) is 34.8 Å². The molecule has 0 bridgehead atoms. The number of nitrogens with one attached hydrogen (secondary N) is 1. The first-order valence-electron chi connectivity index (χ1n) is 9.41. The Morgan fingerprint density at radius 2 is 2.14 bits per heavy atom. The third kappa shape index (κ3) is 3.81. The van der Waals surface area contributed by atoms with Crippen molar-refractivity contribution in [3.05, 3.63) is 45.3 Å². The van der Waals surface area contributed by atoms with Gasteiger partial charge in [0.1, 0.15) is 17.1 Å². The van der Waals surface area contributed by atoms with Crippen molar-refractivity contribution in [1.29, 1.82) is 0 Å². The van der Waals surface area contributed by atoms with Gasteiger partial charge in [-0.05, 0) is 13.0 Å². The largest absolute Gasteiger partial charge is 0.872 e. The Morgan fingerprint density at radius 1 is 1.36 bits per heavy atom. The Morgan fingerprint density at radius 3 is 2.82 bits per heavy atom. The number of quaternary nitrogens is 1. The molecular formula is C20H23N3O4S. The highest BCUT2D eigenvalue weighted by molar-refractivity contribution is 7.13. The van der Waals surface area contributed by atoms with E-state index in [9.17, 15) is 9.90 Å². The number of β-amino-alcohol motifs (C(OH)–C–C–N with tert-alkyl or cyclic N) is 1. The zero-order valence-electron chi connectivity index (χ0n) is 15.7. The van der Waals surface area contributed by atoms with E-state index >= 15 is 0 Å². The number of rotatable bonds is 5. The van der Waals surface area contributed by atoms with E-state index in [1.807, 2.05) is 12.3 Å². The molecule has 0 radical (unpaired) electrons. The van der Waals surface area contributed by atoms with E-state index in [2.05, 4.69) is 9.88 Å². The summed E-state index contributed by atoms with van der Waals surface area (Å²) >= 11 is 1.41. The third-order valence-corrected chi connectivity index (χ3v) is 6.21. The van der Waals surface area contributed by atoms with E-state index in [1.54, 1.807) is 18.2 Å². The van der Waals surface area contributed by atoms with Crippen LogP contribution < -0.4 is 15.6 Å². The maximum atomic E-state index is 12.6. The Hall–Kier alpha value is -2.26. The number of hydrogen-bond acceptors (Lipinski definition) is 7. The fourth-order valence-electron chi connectivity index (χ4n) is 3.68. The first-order valence-corrected chi connectivity index (χ1v) is 10.3. The van der Waals surface area contributed by atoms with Gasteiger partial charge in [-0.15, -0.1) is 11.3 Å². The second kappa shape index (κ2) is 8.00. The standard InChI is InChI=1S/C20H23N3O4S/c1-13-12-28-19(21-13)15-10-14-2-3-17(25)16(18(14)27-20(15)26)11-23-6-4-22(5-7-23)8-9-24/h2-3,10,12,24-25H,4-9,11H2,1H3. The summed E-state index contributed by atoms with van der Waals surface area (Å²) in [5.41, 5.74) is 1.78. The molecule has 28 heavy (non-hydrogen) atoms. The number of aromatic nitrogens is 1. The number of hydrogen-bond donors (Lipinski definition) is 2. The molecular weight excluding hydrogens is 378 g/mol. The second-order valence-corrected chi connectivity index (χ2v) is 8.05. The summed E-state index contributed by atoms with van der Waals surface area (Å²) in [7, 11) is 0. The van der Waals surface area contributed by atoms with Crippen molar-refractivity contribution in [2.45, 2.75) is 13.5 Å². The van der Waals surface area contributed by atoms with Crippen LogP contribution in [0.1, 0.15) is 11.3 Å². The van der Waals surface area contributed by atoms with Crippen LogP contribution in [0.25, 0.3) is 21.5 Å². The molecule has 1 aromatic carbocycles. The van der Waals surface area contributed by atoms with Crippen molar-refractivity contribution in [2.75, 3.05) is 39.3 Å². The lowest BCUT2D eigenvalue weighted by Gasteiger charge is -2.32. The van der Waals surface area contributed by atoms with E-state index < -0.39 is 5.63 Å². The zero-order valence-corrected chi connectivity index (χ0v) is 16.6. The Labute approximate surface area is 166 Å². The summed E-state index contributed by atoms with van der Waals surface area (Å²) in [5.74, 6) is -0.0984. The first-order chi connectivity index (χ1) is 13.5. The van der Waals surface area contributed by atoms with Gasteiger partial charge in [0, 0.05) is 41.7 Å². The predicted molar refractivity (Wildman–Crippen MR) is 106 cm³/mol. The second-order valence-electron chi connectivity index (χ2n) is 7.19. The van der Waals surface area contributed by atoms with Crippen LogP contribution in [-0.2, 0) is 6.54 Å². The lowest BCUT2D eigenvalue weighted by molar-refractivity contribution is -0.918. The molecule has 148 valence electrons. The fraction of sp³-hybridized carbons (Fsp3) is 0.400. The van der Waals surface area contributed by atoms with Gasteiger partial charge in [0.15, 0.2) is 0 Å². The minimum atomic E-state index is -0.462. The van der Waals surface area contributed by atoms with Crippen LogP contribution >= 0.6 is 11.3 Å². The smallest absolute Gasteiger partial charge is 0.346 e. The Bertz CT molecular complexity index is 1040. The summed E-state index contributed by atoms with van der Waals surface area (Å²) in [4.78, 5) is 20.4. The monoisotopic (exact) mass is 401 g/mol. The Kier molecular flexibility index (Phi) is 5.45. The van der Waals surface area contributed by atoms with Crippen molar-refractivity contribution in [1.82, 2.24) is 9.88 Å². The number of aliphatic hydroxyl groups excluding tert-OH is 1. The van der Waals surface area contributed by atoms with Gasteiger partial charge < -0.3 is 19.5 Å². The summed E-state index contributed by atoms with van der Waals surface area (Å²) < 4.78 is 5.62. The summed E-state index contributed by atoms with van der Waals surface area (Å²) in [6.45, 7) is 6.79. The lowest BCUT2D eigenvalue weighted by atomic mass is 10.1. The van der Waals surface area contributed by atoms with Gasteiger partial charge in [-0.2, -0.15) is 0 Å². The molecule has 1 aliphatic rings. The molecule has 0 aliphatic carbocycles. The average Bonchev–Trinajstić information content (AvgIpc) is 3.11. The fourth-order valence-corrected chi connectivity index (χ4v) is 4.48. The number of fused-ring (bicyclic) bond motifs is 1. The number of aliphatic hydroxyl groups is 1. The van der Waals surface area contributed by atoms with Crippen molar-refractivity contribution in [3.63, 3.8) is 0 Å². The molecule has 1 aliphatic heterocycles. The molecule has 4 rings (SSSR count). The van der Waals surface area contributed by atoms with Crippen molar-refractivity contribution < 1.29 is 19.5 Å². The minimum Gasteiger partial charge on any atom is -0.872 e. The molecule has 0 atom stereocenters. The highest BCUT2D eigenvalue weighted by Gasteiger charge is 2.22. The topological polar surface area (TPSA) is 94.1 Å². The maximum absolute atomic E-state index is 12.6. The molecule has 0 unspecified atom stereocenters. The molecule has 2 N–H and O–H groups in total. The van der Waals surface area contributed by atoms with Crippen molar-refractivity contribution in [2.24, 2.45) is 0 Å². The predicted octanol–water partition coefficient (Wildman–Crippen LogP) is -0.00868. The zero-order chi connectivity index (χ0) is 19.7. The van der Waals surface area contributed by atoms with Crippen LogP contribution in [0.2, 0.25) is 0 Å². The highest BCUT2D eigenvalue weighted by Crippen LogP contribution is 2.28. The van der Waals surface area contributed by atoms with Crippen molar-refractivity contribution in [3.8, 4) is 16.3 Å². The van der Waals surface area contributed by atoms with Crippen molar-refractivity contribution >= 4 is 22.3 Å². The number of nitrogens with zero attached hydrogens (tertiary/aromatic N) is 2. The third-order valence-electron chi connectivity index (χ3n) is 5.22. The summed E-state index contributed by atoms with van der Waals surface area (Å²) in [5, 5.41) is 24.9. The molecule has 7 nitrogen and oxygen atoms in total. The van der Waals surface area contributed by atoms with E-state index in [4.69, 9.17) is 9.52 Å². The Balaban J connectivity index is 1.64. The van der Waals surface area contributed by atoms with E-state index in [0.717, 1.165) is 37.3 Å². The molecule has 0 spiro atoms. The number of benzene rings is 1. The first kappa shape index (κ1) is 19.1. The van der Waals surface area contributed by atoms with Gasteiger partial charge in [-0.1, -0.05) is 17.9 Å². The van der Waals surface area contributed by atoms with Crippen LogP contribution in [0.3, 0.4) is 0 Å². The van der Waals surface area contributed by atoms with Gasteiger partial charge >= 0.3 is 5.63 Å². The molecule has 1 saturated heterocycles. The van der Waals surface area contributed by atoms with Gasteiger partial charge in [-0.25, -0.2) is 9.78 Å². The van der Waals surface area contributed by atoms with Gasteiger partial charge in [0.05, 0.1) is 25.3 Å². The molecule has 1 fully saturated rings. The SMILES string of the molecule is Cc1csc(-c2cc3ccc([O-])c(C[NH+]4CCN(CCO)CC4)c3oc2=O)n1. The highest BCUT2D eigenvalue weighted by atomic mass is 32.1. The molecule has 0 amide bonds. The van der Waals surface area contributed by atoms with Gasteiger partial charge in [-0.3, -0.25) is 4.90 Å². The van der Waals surface area contributed by atoms with Crippen LogP contribution in [0.15, 0.2) is 32.8 Å². The average molecular weight is 401 g/mol. The van der Waals surface area contributed by atoms with Crippen LogP contribution in [0.4, 0.5) is 0 Å². The summed E-state index contributed by atoms with van der Waals surface area (Å²) in [6.07, 6.45) is 0. The quantitative estimate of drug-likeness (QED) is 0.584. The van der Waals surface area contributed by atoms with Crippen LogP contribution in [0.5, 0.6) is 5.75 Å². The van der Waals surface area contributed by atoms with E-state index in [-0.39, 0.29) is 12.4 Å². The van der Waals surface area contributed by atoms with E-state index in [1.165, 1.54) is 16.2 Å². The minimum absolute atomic E-state index is 0.0984. The van der Waals surface area contributed by atoms with Gasteiger partial charge in [0.2, 0.25) is 0 Å². The van der Waals surface area contributed by atoms with Crippen LogP contribution in [0, 0.1) is 6.92 Å². The molecule has 0 saturated carbocycles. The van der Waals surface area contributed by atoms with Gasteiger partial charge in [0.25, 0.3) is 0 Å². The number of aryl methyl sites for hydroxylation is 1. The normalized spacial score (nSPS) is 16.1. The number of thiazole rings is 1. The molecule has 3 aromatic rings. The maximum Gasteiger partial charge on any atom is 0.346 e. The van der Waals surface area contributed by atoms with Crippen LogP contribution in [-0.4, -0.2) is 54.3 Å². The number of piperazine rings is 1. The molecule has 8 heteroatoms. The lowest BCUT2D eigenvalue weighted by Crippen LogP contribution is -3.13. The molecule has 2 aromatic heterocycles. The summed E-state index contributed by atoms with van der Waals surface area (Å²) in [6, 6.07) is 5.04. The molecule has 3 heterocycles.